The lowest BCUT2D eigenvalue weighted by atomic mass is 10.0. The molecule has 5 heteroatoms. The molecule has 4 nitrogen and oxygen atoms in total. The van der Waals surface area contributed by atoms with Crippen molar-refractivity contribution in [2.75, 3.05) is 0 Å². The van der Waals surface area contributed by atoms with Gasteiger partial charge >= 0.3 is 0 Å². The number of carbonyl (C=O) groups is 2. The maximum atomic E-state index is 12.3. The minimum Gasteiger partial charge on any atom is -0.352 e. The van der Waals surface area contributed by atoms with Gasteiger partial charge in [-0.25, -0.2) is 0 Å². The smallest absolute Gasteiger partial charge is 0.262 e. The number of nitrogens with one attached hydrogen (secondary N) is 2. The third-order valence-electron chi connectivity index (χ3n) is 3.35. The van der Waals surface area contributed by atoms with Crippen LogP contribution in [0.1, 0.15) is 44.3 Å². The first kappa shape index (κ1) is 16.7. The molecule has 0 saturated heterocycles. The van der Waals surface area contributed by atoms with E-state index in [1.807, 2.05) is 32.2 Å². The summed E-state index contributed by atoms with van der Waals surface area (Å²) < 4.78 is 0. The molecule has 0 fully saturated rings. The third-order valence-corrected chi connectivity index (χ3v) is 4.22. The van der Waals surface area contributed by atoms with Gasteiger partial charge in [0.25, 0.3) is 5.91 Å². The molecule has 20 heavy (non-hydrogen) atoms. The van der Waals surface area contributed by atoms with Gasteiger partial charge < -0.3 is 10.6 Å². The van der Waals surface area contributed by atoms with Crippen LogP contribution in [0.5, 0.6) is 0 Å². The largest absolute Gasteiger partial charge is 0.352 e. The van der Waals surface area contributed by atoms with Gasteiger partial charge in [-0.2, -0.15) is 0 Å². The first-order valence-corrected chi connectivity index (χ1v) is 7.85. The number of amides is 2. The Labute approximate surface area is 125 Å². The molecule has 0 saturated carbocycles. The van der Waals surface area contributed by atoms with Gasteiger partial charge in [-0.3, -0.25) is 9.59 Å². The van der Waals surface area contributed by atoms with Crippen molar-refractivity contribution in [3.05, 3.63) is 22.4 Å². The number of hydrogen-bond acceptors (Lipinski definition) is 3. The topological polar surface area (TPSA) is 58.2 Å². The average molecular weight is 296 g/mol. The molecular formula is C15H24N2O2S. The van der Waals surface area contributed by atoms with E-state index in [2.05, 4.69) is 24.5 Å². The fraction of sp³-hybridized carbons (Fsp3) is 0.600. The molecule has 2 amide bonds. The van der Waals surface area contributed by atoms with Crippen LogP contribution in [0, 0.1) is 11.8 Å². The summed E-state index contributed by atoms with van der Waals surface area (Å²) in [6.45, 7) is 9.94. The molecule has 1 aromatic rings. The molecule has 2 N–H and O–H groups in total. The Morgan fingerprint density at radius 1 is 1.05 bits per heavy atom. The van der Waals surface area contributed by atoms with Gasteiger partial charge in [-0.05, 0) is 30.2 Å². The minimum atomic E-state index is -0.509. The van der Waals surface area contributed by atoms with E-state index in [4.69, 9.17) is 0 Å². The predicted molar refractivity (Wildman–Crippen MR) is 82.9 cm³/mol. The summed E-state index contributed by atoms with van der Waals surface area (Å²) in [6, 6.07) is 3.16. The molecule has 0 aliphatic rings. The van der Waals surface area contributed by atoms with E-state index in [1.165, 1.54) is 11.3 Å². The number of rotatable bonds is 6. The molecule has 2 unspecified atom stereocenters. The van der Waals surface area contributed by atoms with Crippen LogP contribution in [0.3, 0.4) is 0 Å². The van der Waals surface area contributed by atoms with Gasteiger partial charge in [-0.15, -0.1) is 11.3 Å². The minimum absolute atomic E-state index is 0.0401. The van der Waals surface area contributed by atoms with Gasteiger partial charge in [0.15, 0.2) is 0 Å². The zero-order valence-corrected chi connectivity index (χ0v) is 13.6. The van der Waals surface area contributed by atoms with Crippen molar-refractivity contribution in [1.82, 2.24) is 10.6 Å². The Bertz CT molecular complexity index is 441. The second kappa shape index (κ2) is 7.43. The molecule has 1 aromatic heterocycles. The van der Waals surface area contributed by atoms with Crippen molar-refractivity contribution in [2.24, 2.45) is 11.8 Å². The summed E-state index contributed by atoms with van der Waals surface area (Å²) >= 11 is 1.37. The Morgan fingerprint density at radius 2 is 1.70 bits per heavy atom. The molecule has 0 radical (unpaired) electrons. The lowest BCUT2D eigenvalue weighted by Crippen LogP contribution is -2.52. The first-order valence-electron chi connectivity index (χ1n) is 6.97. The van der Waals surface area contributed by atoms with Crippen LogP contribution in [0.15, 0.2) is 17.5 Å². The molecule has 1 heterocycles. The van der Waals surface area contributed by atoms with Crippen LogP contribution < -0.4 is 10.6 Å². The van der Waals surface area contributed by atoms with Crippen LogP contribution in [0.4, 0.5) is 0 Å². The Kier molecular flexibility index (Phi) is 6.20. The van der Waals surface area contributed by atoms with Crippen molar-refractivity contribution in [3.8, 4) is 0 Å². The predicted octanol–water partition coefficient (Wildman–Crippen LogP) is 2.66. The molecule has 112 valence electrons. The molecule has 0 bridgehead atoms. The van der Waals surface area contributed by atoms with Gasteiger partial charge in [0.1, 0.15) is 6.04 Å². The van der Waals surface area contributed by atoms with E-state index in [1.54, 1.807) is 6.07 Å². The lowest BCUT2D eigenvalue weighted by Gasteiger charge is -2.25. The summed E-state index contributed by atoms with van der Waals surface area (Å²) in [5.74, 6) is 0.0928. The highest BCUT2D eigenvalue weighted by molar-refractivity contribution is 7.12. The third kappa shape index (κ3) is 4.63. The summed E-state index contributed by atoms with van der Waals surface area (Å²) in [6.07, 6.45) is 0. The molecule has 0 aliphatic carbocycles. The van der Waals surface area contributed by atoms with E-state index in [0.717, 1.165) is 0 Å². The molecule has 0 aromatic carbocycles. The van der Waals surface area contributed by atoms with E-state index in [9.17, 15) is 9.59 Å². The molecule has 0 aliphatic heterocycles. The standard InChI is InChI=1S/C15H24N2O2S/c1-9(2)11(5)16-15(19)13(10(3)4)17-14(18)12-7-6-8-20-12/h6-11,13H,1-5H3,(H,16,19)(H,17,18). The van der Waals surface area contributed by atoms with Crippen LogP contribution in [0.25, 0.3) is 0 Å². The highest BCUT2D eigenvalue weighted by Gasteiger charge is 2.26. The first-order chi connectivity index (χ1) is 9.32. The zero-order valence-electron chi connectivity index (χ0n) is 12.8. The van der Waals surface area contributed by atoms with Crippen LogP contribution in [0.2, 0.25) is 0 Å². The maximum Gasteiger partial charge on any atom is 0.262 e. The summed E-state index contributed by atoms with van der Waals surface area (Å²) in [5, 5.41) is 7.63. The number of carbonyl (C=O) groups excluding carboxylic acids is 2. The van der Waals surface area contributed by atoms with E-state index < -0.39 is 6.04 Å². The van der Waals surface area contributed by atoms with Crippen LogP contribution >= 0.6 is 11.3 Å². The monoisotopic (exact) mass is 296 g/mol. The molecular weight excluding hydrogens is 272 g/mol. The number of thiophene rings is 1. The number of hydrogen-bond donors (Lipinski definition) is 2. The van der Waals surface area contributed by atoms with Crippen molar-refractivity contribution in [3.63, 3.8) is 0 Å². The normalized spacial score (nSPS) is 14.2. The Balaban J connectivity index is 2.69. The maximum absolute atomic E-state index is 12.3. The summed E-state index contributed by atoms with van der Waals surface area (Å²) in [5.41, 5.74) is 0. The molecule has 0 spiro atoms. The fourth-order valence-corrected chi connectivity index (χ4v) is 2.26. The zero-order chi connectivity index (χ0) is 15.3. The highest BCUT2D eigenvalue weighted by Crippen LogP contribution is 2.11. The average Bonchev–Trinajstić information content (AvgIpc) is 2.88. The Hall–Kier alpha value is -1.36. The van der Waals surface area contributed by atoms with E-state index in [0.29, 0.717) is 10.8 Å². The van der Waals surface area contributed by atoms with Gasteiger partial charge in [0, 0.05) is 6.04 Å². The summed E-state index contributed by atoms with van der Waals surface area (Å²) in [7, 11) is 0. The lowest BCUT2D eigenvalue weighted by molar-refractivity contribution is -0.124. The fourth-order valence-electron chi connectivity index (χ4n) is 1.64. The van der Waals surface area contributed by atoms with Gasteiger partial charge in [-0.1, -0.05) is 33.8 Å². The molecule has 2 atom stereocenters. The second-order valence-electron chi connectivity index (χ2n) is 5.71. The van der Waals surface area contributed by atoms with Gasteiger partial charge in [0.2, 0.25) is 5.91 Å². The van der Waals surface area contributed by atoms with E-state index in [-0.39, 0.29) is 23.8 Å². The van der Waals surface area contributed by atoms with Gasteiger partial charge in [0.05, 0.1) is 4.88 Å². The van der Waals surface area contributed by atoms with E-state index >= 15 is 0 Å². The highest BCUT2D eigenvalue weighted by atomic mass is 32.1. The molecule has 1 rings (SSSR count). The van der Waals surface area contributed by atoms with Crippen molar-refractivity contribution < 1.29 is 9.59 Å². The summed E-state index contributed by atoms with van der Waals surface area (Å²) in [4.78, 5) is 25.0. The second-order valence-corrected chi connectivity index (χ2v) is 6.66. The SMILES string of the molecule is CC(C)C(C)NC(=O)C(NC(=O)c1cccs1)C(C)C. The quantitative estimate of drug-likeness (QED) is 0.848. The van der Waals surface area contributed by atoms with Crippen molar-refractivity contribution in [1.29, 1.82) is 0 Å². The van der Waals surface area contributed by atoms with Crippen LogP contribution in [-0.2, 0) is 4.79 Å². The van der Waals surface area contributed by atoms with Crippen molar-refractivity contribution in [2.45, 2.75) is 46.7 Å². The van der Waals surface area contributed by atoms with Crippen LogP contribution in [-0.4, -0.2) is 23.9 Å². The Morgan fingerprint density at radius 3 is 2.15 bits per heavy atom. The van der Waals surface area contributed by atoms with Crippen molar-refractivity contribution >= 4 is 23.2 Å².